The zero-order valence-electron chi connectivity index (χ0n) is 35.4. The van der Waals surface area contributed by atoms with E-state index in [9.17, 15) is 20.1 Å². The van der Waals surface area contributed by atoms with Crippen molar-refractivity contribution in [3.05, 3.63) is 70.9 Å². The maximum Gasteiger partial charge on any atom is 0.322 e. The van der Waals surface area contributed by atoms with Crippen molar-refractivity contribution in [2.24, 2.45) is 11.3 Å². The van der Waals surface area contributed by atoms with Gasteiger partial charge >= 0.3 is 5.97 Å². The summed E-state index contributed by atoms with van der Waals surface area (Å²) < 4.78 is 12.3. The van der Waals surface area contributed by atoms with Crippen molar-refractivity contribution in [2.45, 2.75) is 92.6 Å². The van der Waals surface area contributed by atoms with Crippen LogP contribution in [-0.4, -0.2) is 145 Å². The average Bonchev–Trinajstić information content (AvgIpc) is 3.89. The SMILES string of the molecule is CC[C@]12C=CCN3CCC4(c5cc([C@@]6(C(=O)OC)CC7CN(CCc8c6[nH]c6ccccc86)C[C@@](C)(O)C7)c(OC)cc5N(C)C4[C@@](O)(C(=O)NCCCNC)[C@@H]1O)C32. The number of amides is 1. The summed E-state index contributed by atoms with van der Waals surface area (Å²) >= 11 is 0. The van der Waals surface area contributed by atoms with Crippen LogP contribution in [0.1, 0.15) is 68.3 Å². The molecular weight excluding hydrogens is 749 g/mol. The number of para-hydroxylation sites is 1. The van der Waals surface area contributed by atoms with Crippen molar-refractivity contribution in [2.75, 3.05) is 79.0 Å². The zero-order chi connectivity index (χ0) is 41.7. The minimum absolute atomic E-state index is 0.0820. The van der Waals surface area contributed by atoms with Gasteiger partial charge in [-0.15, -0.1) is 0 Å². The highest BCUT2D eigenvalue weighted by atomic mass is 16.5. The molecule has 6 N–H and O–H groups in total. The fourth-order valence-electron chi connectivity index (χ4n) is 13.5. The first-order valence-electron chi connectivity index (χ1n) is 21.6. The number of fused-ring (bicyclic) bond motifs is 6. The first kappa shape index (κ1) is 40.4. The first-order chi connectivity index (χ1) is 28.3. The molecule has 5 unspecified atom stereocenters. The Kier molecular flexibility index (Phi) is 9.80. The van der Waals surface area contributed by atoms with Crippen molar-refractivity contribution in [1.29, 1.82) is 0 Å². The van der Waals surface area contributed by atoms with Crippen LogP contribution in [0.3, 0.4) is 0 Å². The molecular formula is C46H62N6O7. The molecule has 10 atom stereocenters. The number of methoxy groups -OCH3 is 2. The largest absolute Gasteiger partial charge is 0.496 e. The molecule has 1 aliphatic carbocycles. The summed E-state index contributed by atoms with van der Waals surface area (Å²) in [7, 11) is 6.84. The van der Waals surface area contributed by atoms with Crippen LogP contribution in [0.25, 0.3) is 10.9 Å². The smallest absolute Gasteiger partial charge is 0.322 e. The molecule has 0 radical (unpaired) electrons. The predicted octanol–water partition coefficient (Wildman–Crippen LogP) is 2.58. The van der Waals surface area contributed by atoms with Crippen molar-refractivity contribution in [3.63, 3.8) is 0 Å². The lowest BCUT2D eigenvalue weighted by Crippen LogP contribution is -2.81. The number of benzene rings is 2. The molecule has 2 saturated heterocycles. The predicted molar refractivity (Wildman–Crippen MR) is 226 cm³/mol. The molecule has 13 nitrogen and oxygen atoms in total. The van der Waals surface area contributed by atoms with Crippen LogP contribution in [0.5, 0.6) is 5.75 Å². The Labute approximate surface area is 347 Å². The second-order valence-electron chi connectivity index (χ2n) is 18.8. The van der Waals surface area contributed by atoms with E-state index in [2.05, 4.69) is 49.7 Å². The van der Waals surface area contributed by atoms with Crippen LogP contribution < -0.4 is 20.3 Å². The summed E-state index contributed by atoms with van der Waals surface area (Å²) in [6.45, 7) is 8.34. The van der Waals surface area contributed by atoms with Gasteiger partial charge in [-0.05, 0) is 94.8 Å². The molecule has 3 fully saturated rings. The Morgan fingerprint density at radius 1 is 1.05 bits per heavy atom. The molecule has 3 aromatic rings. The molecule has 5 aliphatic heterocycles. The van der Waals surface area contributed by atoms with Gasteiger partial charge in [0, 0.05) is 90.6 Å². The van der Waals surface area contributed by atoms with Crippen LogP contribution >= 0.6 is 0 Å². The second kappa shape index (κ2) is 14.3. The number of H-pyrrole nitrogens is 1. The van der Waals surface area contributed by atoms with Gasteiger partial charge in [-0.1, -0.05) is 37.3 Å². The normalized spacial score (nSPS) is 37.1. The van der Waals surface area contributed by atoms with Crippen LogP contribution in [0.15, 0.2) is 48.6 Å². The summed E-state index contributed by atoms with van der Waals surface area (Å²) in [4.78, 5) is 40.5. The van der Waals surface area contributed by atoms with Crippen LogP contribution in [0.4, 0.5) is 5.69 Å². The number of aliphatic hydroxyl groups excluding tert-OH is 1. The van der Waals surface area contributed by atoms with E-state index in [-0.39, 0.29) is 12.0 Å². The van der Waals surface area contributed by atoms with Gasteiger partial charge in [0.05, 0.1) is 25.9 Å². The number of ether oxygens (including phenoxy) is 2. The monoisotopic (exact) mass is 810 g/mol. The number of rotatable bonds is 9. The molecule has 1 aromatic heterocycles. The number of aromatic amines is 1. The maximum atomic E-state index is 15.3. The Morgan fingerprint density at radius 3 is 2.59 bits per heavy atom. The van der Waals surface area contributed by atoms with Crippen molar-refractivity contribution < 1.29 is 34.4 Å². The number of nitrogens with one attached hydrogen (secondary N) is 3. The van der Waals surface area contributed by atoms with E-state index in [1.807, 2.05) is 57.1 Å². The maximum absolute atomic E-state index is 15.3. The number of anilines is 1. The molecule has 2 aromatic carbocycles. The topological polar surface area (TPSA) is 163 Å². The third-order valence-electron chi connectivity index (χ3n) is 15.5. The van der Waals surface area contributed by atoms with E-state index >= 15 is 4.79 Å². The van der Waals surface area contributed by atoms with Crippen molar-refractivity contribution in [1.82, 2.24) is 25.4 Å². The Bertz CT molecular complexity index is 2190. The number of aromatic nitrogens is 1. The first-order valence-corrected chi connectivity index (χ1v) is 21.6. The standard InChI is InChI=1S/C46H62N6O7/c1-7-43-15-10-19-52-21-16-44(37(43)52)31-22-32(35(58-5)23-34(31)50(4)38(44)46(57,39(43)53)40(54)48-18-11-17-47-3)45(41(55)59-6)25-28-24-42(2,56)27-51(26-28)20-14-30-29-12-8-9-13-33(29)49-36(30)45/h8-10,12-13,15,22-23,28,37-39,47,49,53,56-57H,7,11,14,16-21,24-27H2,1-6H3,(H,48,54)/t28?,37?,38?,39-,42+,43-,44?,45+,46+/m1/s1. The fraction of sp³-hybridized carbons (Fsp3) is 0.609. The van der Waals surface area contributed by atoms with E-state index in [1.165, 1.54) is 7.11 Å². The van der Waals surface area contributed by atoms with E-state index in [4.69, 9.17) is 9.47 Å². The lowest BCUT2D eigenvalue weighted by Gasteiger charge is -2.63. The number of nitrogens with zero attached hydrogens (tertiary/aromatic N) is 3. The third kappa shape index (κ3) is 5.50. The van der Waals surface area contributed by atoms with Gasteiger partial charge in [0.2, 0.25) is 0 Å². The Balaban J connectivity index is 1.32. The summed E-state index contributed by atoms with van der Waals surface area (Å²) in [5, 5.41) is 44.9. The molecule has 318 valence electrons. The van der Waals surface area contributed by atoms with E-state index in [1.54, 1.807) is 7.11 Å². The average molecular weight is 811 g/mol. The highest BCUT2D eigenvalue weighted by Crippen LogP contribution is 2.67. The summed E-state index contributed by atoms with van der Waals surface area (Å²) in [6.07, 6.45) is 6.04. The molecule has 2 bridgehead atoms. The highest BCUT2D eigenvalue weighted by molar-refractivity contribution is 5.95. The van der Waals surface area contributed by atoms with E-state index in [0.29, 0.717) is 82.6 Å². The second-order valence-corrected chi connectivity index (χ2v) is 18.8. The van der Waals surface area contributed by atoms with Gasteiger partial charge < -0.3 is 45.3 Å². The Hall–Kier alpha value is -3.98. The summed E-state index contributed by atoms with van der Waals surface area (Å²) in [5.74, 6) is -0.600. The molecule has 1 amide bonds. The minimum Gasteiger partial charge on any atom is -0.496 e. The number of esters is 1. The van der Waals surface area contributed by atoms with Gasteiger partial charge in [0.1, 0.15) is 17.3 Å². The summed E-state index contributed by atoms with van der Waals surface area (Å²) in [5.41, 5.74) is -1.25. The van der Waals surface area contributed by atoms with Crippen molar-refractivity contribution >= 4 is 28.5 Å². The molecule has 6 heterocycles. The lowest BCUT2D eigenvalue weighted by atomic mass is 9.47. The van der Waals surface area contributed by atoms with Gasteiger partial charge in [-0.2, -0.15) is 0 Å². The molecule has 59 heavy (non-hydrogen) atoms. The van der Waals surface area contributed by atoms with Gasteiger partial charge in [0.15, 0.2) is 5.60 Å². The van der Waals surface area contributed by atoms with E-state index in [0.717, 1.165) is 46.5 Å². The number of carbonyl (C=O) groups is 2. The van der Waals surface area contributed by atoms with Crippen LogP contribution in [-0.2, 0) is 31.6 Å². The Morgan fingerprint density at radius 2 is 1.85 bits per heavy atom. The van der Waals surface area contributed by atoms with Gasteiger partial charge in [-0.3, -0.25) is 19.4 Å². The minimum atomic E-state index is -2.20. The van der Waals surface area contributed by atoms with Crippen LogP contribution in [0, 0.1) is 11.3 Å². The molecule has 6 aliphatic rings. The highest BCUT2D eigenvalue weighted by Gasteiger charge is 2.78. The molecule has 9 rings (SSSR count). The fourth-order valence-corrected chi connectivity index (χ4v) is 13.5. The van der Waals surface area contributed by atoms with E-state index < -0.39 is 51.5 Å². The molecule has 13 heteroatoms. The number of aliphatic hydroxyl groups is 3. The number of carbonyl (C=O) groups excluding carboxylic acids is 2. The number of piperidine rings is 1. The van der Waals surface area contributed by atoms with Crippen LogP contribution in [0.2, 0.25) is 0 Å². The van der Waals surface area contributed by atoms with Crippen molar-refractivity contribution in [3.8, 4) is 5.75 Å². The number of likely N-dealkylation sites (N-methyl/N-ethyl adjacent to an activating group) is 1. The zero-order valence-corrected chi connectivity index (χ0v) is 35.4. The van der Waals surface area contributed by atoms with Gasteiger partial charge in [-0.25, -0.2) is 0 Å². The molecule has 1 spiro atoms. The quantitative estimate of drug-likeness (QED) is 0.107. The number of hydrogen-bond donors (Lipinski definition) is 6. The number of hydrogen-bond acceptors (Lipinski definition) is 11. The van der Waals surface area contributed by atoms with Gasteiger partial charge in [0.25, 0.3) is 5.91 Å². The molecule has 1 saturated carbocycles. The third-order valence-corrected chi connectivity index (χ3v) is 15.5. The summed E-state index contributed by atoms with van der Waals surface area (Å²) in [6, 6.07) is 11.2. The lowest BCUT2D eigenvalue weighted by molar-refractivity contribution is -0.203.